The Hall–Kier alpha value is -2.15. The number of hydrogen-bond donors (Lipinski definition) is 2. The van der Waals surface area contributed by atoms with Gasteiger partial charge in [0.2, 0.25) is 0 Å². The summed E-state index contributed by atoms with van der Waals surface area (Å²) in [5, 5.41) is 4.20. The Morgan fingerprint density at radius 3 is 2.66 bits per heavy atom. The van der Waals surface area contributed by atoms with Crippen LogP contribution >= 0.6 is 11.6 Å². The van der Waals surface area contributed by atoms with E-state index in [4.69, 9.17) is 37.3 Å². The van der Waals surface area contributed by atoms with E-state index in [1.807, 2.05) is 0 Å². The second-order valence-corrected chi connectivity index (χ2v) is 6.76. The number of amides is 1. The van der Waals surface area contributed by atoms with Crippen molar-refractivity contribution in [2.75, 3.05) is 27.0 Å². The molecule has 0 saturated heterocycles. The lowest BCUT2D eigenvalue weighted by atomic mass is 10.1. The molecule has 13 heteroatoms. The van der Waals surface area contributed by atoms with Crippen LogP contribution in [0.4, 0.5) is 18.0 Å². The van der Waals surface area contributed by atoms with Crippen LogP contribution in [0.3, 0.4) is 0 Å². The predicted molar refractivity (Wildman–Crippen MR) is 96.5 cm³/mol. The van der Waals surface area contributed by atoms with E-state index in [0.29, 0.717) is 5.56 Å². The van der Waals surface area contributed by atoms with E-state index in [9.17, 15) is 18.0 Å². The summed E-state index contributed by atoms with van der Waals surface area (Å²) < 4.78 is 55.2. The predicted octanol–water partition coefficient (Wildman–Crippen LogP) is 2.18. The van der Waals surface area contributed by atoms with Crippen molar-refractivity contribution in [1.82, 2.24) is 14.6 Å². The van der Waals surface area contributed by atoms with E-state index in [1.165, 1.54) is 17.8 Å². The molecule has 0 aromatic carbocycles. The zero-order valence-electron chi connectivity index (χ0n) is 15.6. The number of hydrogen-bond acceptors (Lipinski definition) is 7. The number of nitrogens with zero attached hydrogens (tertiary/aromatic N) is 3. The lowest BCUT2D eigenvalue weighted by molar-refractivity contribution is -0.155. The van der Waals surface area contributed by atoms with E-state index < -0.39 is 43.5 Å². The molecule has 0 aliphatic heterocycles. The molecule has 1 unspecified atom stereocenters. The van der Waals surface area contributed by atoms with E-state index in [-0.39, 0.29) is 23.1 Å². The number of carbonyl (C=O) groups excluding carboxylic acids is 1. The number of aromatic nitrogens is 3. The monoisotopic (exact) mass is 439 g/mol. The molecular formula is C16H21ClF3N5O4. The summed E-state index contributed by atoms with van der Waals surface area (Å²) in [5.74, 6) is 0. The third kappa shape index (κ3) is 5.47. The molecule has 29 heavy (non-hydrogen) atoms. The van der Waals surface area contributed by atoms with Crippen molar-refractivity contribution in [2.45, 2.75) is 31.1 Å². The zero-order valence-corrected chi connectivity index (χ0v) is 16.4. The van der Waals surface area contributed by atoms with Crippen LogP contribution < -0.4 is 11.5 Å². The zero-order chi connectivity index (χ0) is 21.8. The molecule has 0 bridgehead atoms. The lowest BCUT2D eigenvalue weighted by Crippen LogP contribution is -2.41. The van der Waals surface area contributed by atoms with Gasteiger partial charge in [-0.15, -0.1) is 0 Å². The maximum atomic E-state index is 13.0. The first kappa shape index (κ1) is 23.1. The third-order valence-electron chi connectivity index (χ3n) is 4.08. The molecule has 0 aliphatic carbocycles. The summed E-state index contributed by atoms with van der Waals surface area (Å²) in [7, 11) is 1.48. The molecule has 162 valence electrons. The fraction of sp³-hybridized carbons (Fsp3) is 0.562. The summed E-state index contributed by atoms with van der Waals surface area (Å²) in [4.78, 5) is 15.4. The van der Waals surface area contributed by atoms with Crippen LogP contribution in [0.1, 0.15) is 30.3 Å². The first-order chi connectivity index (χ1) is 13.6. The number of methoxy groups -OCH3 is 1. The Balaban J connectivity index is 2.34. The van der Waals surface area contributed by atoms with Gasteiger partial charge in [-0.05, 0) is 13.0 Å². The second-order valence-electron chi connectivity index (χ2n) is 6.40. The minimum Gasteiger partial charge on any atom is -0.437 e. The third-order valence-corrected chi connectivity index (χ3v) is 4.37. The highest BCUT2D eigenvalue weighted by Crippen LogP contribution is 2.27. The van der Waals surface area contributed by atoms with Crippen molar-refractivity contribution >= 4 is 23.3 Å². The van der Waals surface area contributed by atoms with Gasteiger partial charge in [0, 0.05) is 12.7 Å². The second kappa shape index (κ2) is 9.57. The molecular weight excluding hydrogens is 419 g/mol. The number of carbonyl (C=O) groups is 1. The number of nitrogens with two attached hydrogens (primary N) is 2. The quantitative estimate of drug-likeness (QED) is 0.580. The minimum atomic E-state index is -3.10. The Morgan fingerprint density at radius 2 is 2.10 bits per heavy atom. The Kier molecular flexibility index (Phi) is 7.63. The van der Waals surface area contributed by atoms with Gasteiger partial charge in [-0.25, -0.2) is 27.5 Å². The largest absolute Gasteiger partial charge is 0.437 e. The van der Waals surface area contributed by atoms with Crippen LogP contribution in [-0.2, 0) is 14.2 Å². The fourth-order valence-corrected chi connectivity index (χ4v) is 2.64. The van der Waals surface area contributed by atoms with Crippen molar-refractivity contribution in [3.05, 3.63) is 28.7 Å². The van der Waals surface area contributed by atoms with E-state index in [2.05, 4.69) is 10.1 Å². The van der Waals surface area contributed by atoms with Crippen molar-refractivity contribution in [3.63, 3.8) is 0 Å². The highest BCUT2D eigenvalue weighted by atomic mass is 35.5. The van der Waals surface area contributed by atoms with Gasteiger partial charge in [-0.2, -0.15) is 5.10 Å². The van der Waals surface area contributed by atoms with Gasteiger partial charge in [0.15, 0.2) is 22.5 Å². The summed E-state index contributed by atoms with van der Waals surface area (Å²) in [6.45, 7) is -0.978. The molecule has 4 N–H and O–H groups in total. The molecule has 2 rings (SSSR count). The highest BCUT2D eigenvalue weighted by molar-refractivity contribution is 6.30. The van der Waals surface area contributed by atoms with Crippen LogP contribution in [0.5, 0.6) is 0 Å². The average Bonchev–Trinajstić information content (AvgIpc) is 3.06. The first-order valence-corrected chi connectivity index (χ1v) is 8.73. The summed E-state index contributed by atoms with van der Waals surface area (Å²) >= 11 is 6.13. The van der Waals surface area contributed by atoms with Crippen molar-refractivity contribution in [3.8, 4) is 0 Å². The average molecular weight is 440 g/mol. The number of rotatable bonds is 10. The van der Waals surface area contributed by atoms with Gasteiger partial charge >= 0.3 is 6.09 Å². The van der Waals surface area contributed by atoms with Gasteiger partial charge in [0.1, 0.15) is 12.4 Å². The molecule has 9 nitrogen and oxygen atoms in total. The van der Waals surface area contributed by atoms with Gasteiger partial charge in [0.25, 0.3) is 6.43 Å². The lowest BCUT2D eigenvalue weighted by Gasteiger charge is -2.27. The highest BCUT2D eigenvalue weighted by Gasteiger charge is 2.38. The molecule has 0 spiro atoms. The number of ether oxygens (including phenoxy) is 3. The summed E-state index contributed by atoms with van der Waals surface area (Å²) in [5.41, 5.74) is 9.46. The normalized spacial score (nSPS) is 16.0. The van der Waals surface area contributed by atoms with Crippen molar-refractivity contribution < 1.29 is 32.2 Å². The van der Waals surface area contributed by atoms with E-state index in [1.54, 1.807) is 6.07 Å². The van der Waals surface area contributed by atoms with Gasteiger partial charge in [-0.3, -0.25) is 0 Å². The molecule has 1 amide bonds. The Morgan fingerprint density at radius 1 is 1.41 bits per heavy atom. The maximum absolute atomic E-state index is 13.0. The molecule has 2 heterocycles. The van der Waals surface area contributed by atoms with Crippen LogP contribution in [0, 0.1) is 0 Å². The van der Waals surface area contributed by atoms with Crippen LogP contribution in [0.25, 0.3) is 5.65 Å². The minimum absolute atomic E-state index is 0.0836. The smallest absolute Gasteiger partial charge is 0.405 e. The summed E-state index contributed by atoms with van der Waals surface area (Å²) in [6, 6.07) is 0.984. The van der Waals surface area contributed by atoms with Crippen molar-refractivity contribution in [2.24, 2.45) is 11.5 Å². The van der Waals surface area contributed by atoms with Gasteiger partial charge < -0.3 is 25.7 Å². The van der Waals surface area contributed by atoms with Gasteiger partial charge in [0.05, 0.1) is 25.5 Å². The molecule has 0 saturated carbocycles. The van der Waals surface area contributed by atoms with Crippen LogP contribution in [-0.4, -0.2) is 59.7 Å². The molecule has 0 fully saturated rings. The molecule has 3 atom stereocenters. The number of halogens is 4. The van der Waals surface area contributed by atoms with Crippen LogP contribution in [0.15, 0.2) is 12.3 Å². The molecule has 0 radical (unpaired) electrons. The number of imidazole rings is 1. The fourth-order valence-electron chi connectivity index (χ4n) is 2.36. The topological polar surface area (TPSA) is 127 Å². The molecule has 2 aromatic rings. The SMILES string of the molecule is COC[C@@H](N)c1cc2nc([C@H](COC(C)(CF)C(F)F)OC(N)=O)cn2nc1Cl. The Labute approximate surface area is 169 Å². The van der Waals surface area contributed by atoms with Crippen LogP contribution in [0.2, 0.25) is 5.15 Å². The van der Waals surface area contributed by atoms with Crippen molar-refractivity contribution in [1.29, 1.82) is 0 Å². The molecule has 0 aliphatic rings. The van der Waals surface area contributed by atoms with E-state index >= 15 is 0 Å². The maximum Gasteiger partial charge on any atom is 0.405 e. The number of alkyl halides is 3. The molecule has 2 aromatic heterocycles. The van der Waals surface area contributed by atoms with E-state index in [0.717, 1.165) is 6.92 Å². The number of fused-ring (bicyclic) bond motifs is 1. The van der Waals surface area contributed by atoms with Gasteiger partial charge in [-0.1, -0.05) is 11.6 Å². The number of primary amides is 1. The Bertz CT molecular complexity index is 855. The first-order valence-electron chi connectivity index (χ1n) is 8.35. The standard InChI is InChI=1S/C16H21ClF3N5O4/c1-16(7-18,14(19)20)28-6-11(29-15(22)26)10-4-25-12(23-10)3-8(13(17)24-25)9(21)5-27-2/h3-4,9,11,14H,5-7,21H2,1-2H3,(H2,22,26)/t9-,11+,16?/m1/s1. The summed E-state index contributed by atoms with van der Waals surface area (Å²) in [6.07, 6.45) is -4.23.